The van der Waals surface area contributed by atoms with Crippen molar-refractivity contribution in [3.05, 3.63) is 167 Å². The SMILES string of the molecule is O=C(OCc1ccccc1)c1ccc(OC(=O)c2cccc(C(=O)Oc3ccc(C(=O)OCc4ccccc4)cc3)c2)cc1. The van der Waals surface area contributed by atoms with Crippen molar-refractivity contribution in [2.45, 2.75) is 13.2 Å². The van der Waals surface area contributed by atoms with Crippen molar-refractivity contribution in [1.82, 2.24) is 0 Å². The summed E-state index contributed by atoms with van der Waals surface area (Å²) in [4.78, 5) is 50.2. The van der Waals surface area contributed by atoms with Gasteiger partial charge in [-0.3, -0.25) is 0 Å². The van der Waals surface area contributed by atoms with E-state index in [4.69, 9.17) is 18.9 Å². The average Bonchev–Trinajstić information content (AvgIpc) is 3.07. The molecule has 0 radical (unpaired) electrons. The van der Waals surface area contributed by atoms with Crippen LogP contribution < -0.4 is 9.47 Å². The van der Waals surface area contributed by atoms with Gasteiger partial charge in [0.25, 0.3) is 0 Å². The number of rotatable bonds is 10. The number of ether oxygens (including phenoxy) is 4. The van der Waals surface area contributed by atoms with Crippen molar-refractivity contribution in [1.29, 1.82) is 0 Å². The smallest absolute Gasteiger partial charge is 0.343 e. The highest BCUT2D eigenvalue weighted by Gasteiger charge is 2.16. The van der Waals surface area contributed by atoms with Gasteiger partial charge in [0.15, 0.2) is 0 Å². The molecule has 0 N–H and O–H groups in total. The van der Waals surface area contributed by atoms with Crippen LogP contribution in [0.25, 0.3) is 0 Å². The lowest BCUT2D eigenvalue weighted by molar-refractivity contribution is 0.0464. The van der Waals surface area contributed by atoms with Gasteiger partial charge in [-0.2, -0.15) is 0 Å². The van der Waals surface area contributed by atoms with E-state index in [0.717, 1.165) is 11.1 Å². The lowest BCUT2D eigenvalue weighted by Crippen LogP contribution is -2.13. The van der Waals surface area contributed by atoms with E-state index in [9.17, 15) is 19.2 Å². The predicted octanol–water partition coefficient (Wildman–Crippen LogP) is 6.84. The first kappa shape index (κ1) is 29.5. The number of hydrogen-bond donors (Lipinski definition) is 0. The van der Waals surface area contributed by atoms with Crippen LogP contribution in [0.3, 0.4) is 0 Å². The van der Waals surface area contributed by atoms with Crippen molar-refractivity contribution in [2.24, 2.45) is 0 Å². The topological polar surface area (TPSA) is 105 Å². The largest absolute Gasteiger partial charge is 0.457 e. The molecule has 44 heavy (non-hydrogen) atoms. The first-order chi connectivity index (χ1) is 21.4. The van der Waals surface area contributed by atoms with E-state index in [0.29, 0.717) is 11.1 Å². The van der Waals surface area contributed by atoms with Crippen LogP contribution in [-0.4, -0.2) is 23.9 Å². The van der Waals surface area contributed by atoms with Crippen molar-refractivity contribution in [3.8, 4) is 11.5 Å². The Morgan fingerprint density at radius 2 is 0.773 bits per heavy atom. The maximum Gasteiger partial charge on any atom is 0.343 e. The molecule has 8 heteroatoms. The highest BCUT2D eigenvalue weighted by Crippen LogP contribution is 2.19. The normalized spacial score (nSPS) is 10.4. The monoisotopic (exact) mass is 586 g/mol. The van der Waals surface area contributed by atoms with Gasteiger partial charge in [0, 0.05) is 0 Å². The van der Waals surface area contributed by atoms with Crippen molar-refractivity contribution >= 4 is 23.9 Å². The number of carbonyl (C=O) groups is 4. The van der Waals surface area contributed by atoms with Crippen molar-refractivity contribution in [2.75, 3.05) is 0 Å². The molecular weight excluding hydrogens is 560 g/mol. The van der Waals surface area contributed by atoms with Crippen molar-refractivity contribution < 1.29 is 38.1 Å². The minimum Gasteiger partial charge on any atom is -0.457 e. The number of hydrogen-bond acceptors (Lipinski definition) is 8. The molecule has 0 bridgehead atoms. The van der Waals surface area contributed by atoms with Gasteiger partial charge in [0.05, 0.1) is 22.3 Å². The Labute approximate surface area is 253 Å². The zero-order chi connectivity index (χ0) is 30.7. The summed E-state index contributed by atoms with van der Waals surface area (Å²) in [6, 6.07) is 36.4. The average molecular weight is 587 g/mol. The maximum absolute atomic E-state index is 12.8. The van der Waals surface area contributed by atoms with Gasteiger partial charge in [0.2, 0.25) is 0 Å². The molecular formula is C36H26O8. The Bertz CT molecular complexity index is 1620. The highest BCUT2D eigenvalue weighted by atomic mass is 16.5. The summed E-state index contributed by atoms with van der Waals surface area (Å²) in [5.74, 6) is -1.98. The Morgan fingerprint density at radius 1 is 0.386 bits per heavy atom. The summed E-state index contributed by atoms with van der Waals surface area (Å²) in [5.41, 5.74) is 2.61. The van der Waals surface area contributed by atoms with Crippen LogP contribution in [0, 0.1) is 0 Å². The third-order valence-electron chi connectivity index (χ3n) is 6.36. The van der Waals surface area contributed by atoms with Gasteiger partial charge in [0.1, 0.15) is 24.7 Å². The zero-order valence-corrected chi connectivity index (χ0v) is 23.4. The molecule has 0 aliphatic carbocycles. The fraction of sp³-hybridized carbons (Fsp3) is 0.0556. The summed E-state index contributed by atoms with van der Waals surface area (Å²) in [6.45, 7) is 0.286. The zero-order valence-electron chi connectivity index (χ0n) is 23.4. The van der Waals surface area contributed by atoms with Gasteiger partial charge in [-0.1, -0.05) is 66.7 Å². The van der Waals surface area contributed by atoms with E-state index >= 15 is 0 Å². The molecule has 0 aliphatic rings. The lowest BCUT2D eigenvalue weighted by Gasteiger charge is -2.09. The molecule has 0 unspecified atom stereocenters. The summed E-state index contributed by atoms with van der Waals surface area (Å²) in [6.07, 6.45) is 0. The molecule has 5 aromatic rings. The Kier molecular flexibility index (Phi) is 9.54. The molecule has 0 saturated heterocycles. The standard InChI is InChI=1S/C36H26O8/c37-33(41-23-25-8-3-1-4-9-25)27-14-18-31(19-15-27)43-35(39)29-12-7-13-30(22-29)36(40)44-32-20-16-28(17-21-32)34(38)42-24-26-10-5-2-6-11-26/h1-22H,23-24H2. The summed E-state index contributed by atoms with van der Waals surface area (Å²) in [7, 11) is 0. The third-order valence-corrected chi connectivity index (χ3v) is 6.36. The summed E-state index contributed by atoms with van der Waals surface area (Å²) in [5, 5.41) is 0. The molecule has 218 valence electrons. The molecule has 0 spiro atoms. The fourth-order valence-corrected chi connectivity index (χ4v) is 4.04. The third kappa shape index (κ3) is 8.04. The number of esters is 4. The first-order valence-corrected chi connectivity index (χ1v) is 13.6. The van der Waals surface area contributed by atoms with E-state index in [-0.39, 0.29) is 35.8 Å². The Hall–Kier alpha value is -6.02. The molecule has 8 nitrogen and oxygen atoms in total. The fourth-order valence-electron chi connectivity index (χ4n) is 4.04. The van der Waals surface area contributed by atoms with Gasteiger partial charge in [-0.15, -0.1) is 0 Å². The van der Waals surface area contributed by atoms with Crippen LogP contribution in [0.2, 0.25) is 0 Å². The molecule has 0 atom stereocenters. The van der Waals surface area contributed by atoms with Crippen LogP contribution >= 0.6 is 0 Å². The highest BCUT2D eigenvalue weighted by molar-refractivity contribution is 5.97. The van der Waals surface area contributed by atoms with E-state index in [1.807, 2.05) is 60.7 Å². The van der Waals surface area contributed by atoms with Gasteiger partial charge < -0.3 is 18.9 Å². The molecule has 0 aliphatic heterocycles. The molecule has 0 aromatic heterocycles. The molecule has 0 heterocycles. The van der Waals surface area contributed by atoms with Crippen LogP contribution in [0.15, 0.2) is 133 Å². The van der Waals surface area contributed by atoms with E-state index in [2.05, 4.69) is 0 Å². The van der Waals surface area contributed by atoms with Crippen LogP contribution in [0.4, 0.5) is 0 Å². The minimum absolute atomic E-state index is 0.127. The second kappa shape index (κ2) is 14.2. The van der Waals surface area contributed by atoms with E-state index in [1.165, 1.54) is 72.8 Å². The van der Waals surface area contributed by atoms with E-state index in [1.54, 1.807) is 0 Å². The van der Waals surface area contributed by atoms with Crippen LogP contribution in [-0.2, 0) is 22.7 Å². The predicted molar refractivity (Wildman–Crippen MR) is 160 cm³/mol. The second-order valence-corrected chi connectivity index (χ2v) is 9.53. The Balaban J connectivity index is 1.13. The van der Waals surface area contributed by atoms with Crippen LogP contribution in [0.1, 0.15) is 52.6 Å². The molecule has 0 saturated carbocycles. The maximum atomic E-state index is 12.8. The van der Waals surface area contributed by atoms with Crippen LogP contribution in [0.5, 0.6) is 11.5 Å². The van der Waals surface area contributed by atoms with Gasteiger partial charge in [-0.25, -0.2) is 19.2 Å². The number of carbonyl (C=O) groups excluding carboxylic acids is 4. The summed E-state index contributed by atoms with van der Waals surface area (Å²) < 4.78 is 21.5. The first-order valence-electron chi connectivity index (χ1n) is 13.6. The molecule has 5 rings (SSSR count). The molecule has 0 fully saturated rings. The quantitative estimate of drug-likeness (QED) is 0.129. The second-order valence-electron chi connectivity index (χ2n) is 9.53. The summed E-state index contributed by atoms with van der Waals surface area (Å²) >= 11 is 0. The van der Waals surface area contributed by atoms with Gasteiger partial charge in [-0.05, 0) is 77.9 Å². The minimum atomic E-state index is -0.697. The lowest BCUT2D eigenvalue weighted by atomic mass is 10.1. The Morgan fingerprint density at radius 3 is 1.16 bits per heavy atom. The molecule has 0 amide bonds. The van der Waals surface area contributed by atoms with Gasteiger partial charge >= 0.3 is 23.9 Å². The molecule has 5 aromatic carbocycles. The number of benzene rings is 5. The van der Waals surface area contributed by atoms with Crippen molar-refractivity contribution in [3.63, 3.8) is 0 Å². The van der Waals surface area contributed by atoms with E-state index < -0.39 is 23.9 Å².